The number of carboxylic acid groups (broad SMARTS) is 1. The summed E-state index contributed by atoms with van der Waals surface area (Å²) in [7, 11) is 0. The molecule has 2 atom stereocenters. The van der Waals surface area contributed by atoms with Gasteiger partial charge in [-0.3, -0.25) is 9.59 Å². The molecule has 7 nitrogen and oxygen atoms in total. The number of allylic oxidation sites excluding steroid dienone is 2. The maximum atomic E-state index is 12.7. The first-order valence-electron chi connectivity index (χ1n) is 19.5. The van der Waals surface area contributed by atoms with Crippen LogP contribution in [-0.2, 0) is 19.1 Å². The van der Waals surface area contributed by atoms with E-state index in [-0.39, 0.29) is 18.0 Å². The highest BCUT2D eigenvalue weighted by molar-refractivity contribution is 5.83. The lowest BCUT2D eigenvalue weighted by atomic mass is 10.0. The first-order valence-corrected chi connectivity index (χ1v) is 19.5. The average molecular weight is 651 g/mol. The van der Waals surface area contributed by atoms with Gasteiger partial charge in [-0.05, 0) is 77.2 Å². The number of amides is 1. The number of nitrogens with two attached hydrogens (primary N) is 1. The molecule has 0 aliphatic heterocycles. The van der Waals surface area contributed by atoms with Crippen LogP contribution in [0.15, 0.2) is 12.2 Å². The van der Waals surface area contributed by atoms with Crippen LogP contribution in [0, 0.1) is 0 Å². The van der Waals surface area contributed by atoms with Crippen molar-refractivity contribution in [3.05, 3.63) is 12.2 Å². The summed E-state index contributed by atoms with van der Waals surface area (Å²) in [5, 5.41) is 11.9. The summed E-state index contributed by atoms with van der Waals surface area (Å²) in [4.78, 5) is 36.2. The second-order valence-electron chi connectivity index (χ2n) is 13.3. The molecular weight excluding hydrogens is 576 g/mol. The molecule has 2 unspecified atom stereocenters. The summed E-state index contributed by atoms with van der Waals surface area (Å²) in [6.45, 7) is 4.90. The topological polar surface area (TPSA) is 119 Å². The smallest absolute Gasteiger partial charge is 0.326 e. The minimum Gasteiger partial charge on any atom is -0.480 e. The number of rotatable bonds is 35. The Morgan fingerprint density at radius 3 is 1.63 bits per heavy atom. The summed E-state index contributed by atoms with van der Waals surface area (Å²) < 4.78 is 6.00. The van der Waals surface area contributed by atoms with Crippen LogP contribution >= 0.6 is 0 Å². The molecule has 0 fully saturated rings. The normalized spacial score (nSPS) is 12.8. The highest BCUT2D eigenvalue weighted by Gasteiger charge is 2.19. The lowest BCUT2D eigenvalue weighted by Crippen LogP contribution is -2.40. The first kappa shape index (κ1) is 44.1. The van der Waals surface area contributed by atoms with Gasteiger partial charge in [-0.1, -0.05) is 129 Å². The van der Waals surface area contributed by atoms with Crippen LogP contribution in [-0.4, -0.2) is 41.6 Å². The predicted molar refractivity (Wildman–Crippen MR) is 193 cm³/mol. The summed E-state index contributed by atoms with van der Waals surface area (Å²) in [5.41, 5.74) is 5.47. The van der Waals surface area contributed by atoms with E-state index in [9.17, 15) is 19.5 Å². The van der Waals surface area contributed by atoms with Gasteiger partial charge in [0.15, 0.2) is 0 Å². The van der Waals surface area contributed by atoms with E-state index in [0.29, 0.717) is 32.2 Å². The lowest BCUT2D eigenvalue weighted by molar-refractivity contribution is -0.150. The van der Waals surface area contributed by atoms with Crippen molar-refractivity contribution in [1.82, 2.24) is 5.32 Å². The molecule has 0 aromatic rings. The van der Waals surface area contributed by atoms with Gasteiger partial charge in [0.25, 0.3) is 0 Å². The average Bonchev–Trinajstić information content (AvgIpc) is 3.03. The highest BCUT2D eigenvalue weighted by atomic mass is 16.5. The van der Waals surface area contributed by atoms with E-state index in [1.807, 2.05) is 0 Å². The van der Waals surface area contributed by atoms with E-state index in [4.69, 9.17) is 10.5 Å². The number of hydrogen-bond donors (Lipinski definition) is 3. The van der Waals surface area contributed by atoms with E-state index in [1.54, 1.807) is 0 Å². The Kier molecular flexibility index (Phi) is 33.0. The predicted octanol–water partition coefficient (Wildman–Crippen LogP) is 10.3. The number of ether oxygens (including phenoxy) is 1. The van der Waals surface area contributed by atoms with Gasteiger partial charge >= 0.3 is 11.9 Å². The Morgan fingerprint density at radius 1 is 0.609 bits per heavy atom. The zero-order chi connectivity index (χ0) is 33.9. The van der Waals surface area contributed by atoms with Gasteiger partial charge in [0.1, 0.15) is 12.1 Å². The monoisotopic (exact) mass is 651 g/mol. The third kappa shape index (κ3) is 30.7. The number of hydrogen-bond acceptors (Lipinski definition) is 5. The van der Waals surface area contributed by atoms with Crippen molar-refractivity contribution in [3.63, 3.8) is 0 Å². The lowest BCUT2D eigenvalue weighted by Gasteiger charge is -2.18. The second-order valence-corrected chi connectivity index (χ2v) is 13.3. The minimum absolute atomic E-state index is 0.0174. The first-order chi connectivity index (χ1) is 22.4. The van der Waals surface area contributed by atoms with Gasteiger partial charge in [-0.2, -0.15) is 0 Å². The number of nitrogens with one attached hydrogen (secondary N) is 1. The van der Waals surface area contributed by atoms with Crippen LogP contribution in [0.3, 0.4) is 0 Å². The molecule has 270 valence electrons. The SMILES string of the molecule is CCCC/C=C\CCCCCCCC(=O)OC(CCCCCCCCCCC)CCCCCCCC(=O)NC(CCCN)C(=O)O. The Hall–Kier alpha value is -1.89. The fourth-order valence-corrected chi connectivity index (χ4v) is 5.84. The molecule has 0 bridgehead atoms. The molecular formula is C39H74N2O5. The molecule has 0 rings (SSSR count). The van der Waals surface area contributed by atoms with E-state index < -0.39 is 12.0 Å². The zero-order valence-electron chi connectivity index (χ0n) is 30.2. The Morgan fingerprint density at radius 2 is 1.09 bits per heavy atom. The molecule has 0 saturated heterocycles. The van der Waals surface area contributed by atoms with Crippen LogP contribution in [0.25, 0.3) is 0 Å². The van der Waals surface area contributed by atoms with Gasteiger partial charge < -0.3 is 20.9 Å². The number of esters is 1. The Bertz CT molecular complexity index is 742. The van der Waals surface area contributed by atoms with E-state index >= 15 is 0 Å². The molecule has 0 aliphatic rings. The molecule has 1 amide bonds. The minimum atomic E-state index is -1.00. The van der Waals surface area contributed by atoms with Crippen molar-refractivity contribution in [2.75, 3.05) is 6.54 Å². The van der Waals surface area contributed by atoms with Crippen molar-refractivity contribution < 1.29 is 24.2 Å². The molecule has 4 N–H and O–H groups in total. The third-order valence-electron chi connectivity index (χ3n) is 8.83. The number of carboxylic acids is 1. The molecule has 7 heteroatoms. The fourth-order valence-electron chi connectivity index (χ4n) is 5.84. The van der Waals surface area contributed by atoms with Crippen LogP contribution in [0.5, 0.6) is 0 Å². The van der Waals surface area contributed by atoms with Crippen LogP contribution in [0.1, 0.15) is 200 Å². The quantitative estimate of drug-likeness (QED) is 0.0357. The van der Waals surface area contributed by atoms with Gasteiger partial charge in [0, 0.05) is 12.8 Å². The van der Waals surface area contributed by atoms with E-state index in [0.717, 1.165) is 64.2 Å². The number of aliphatic carboxylic acids is 1. The number of carbonyl (C=O) groups excluding carboxylic acids is 2. The maximum absolute atomic E-state index is 12.7. The van der Waals surface area contributed by atoms with E-state index in [2.05, 4.69) is 31.3 Å². The highest BCUT2D eigenvalue weighted by Crippen LogP contribution is 2.19. The van der Waals surface area contributed by atoms with Gasteiger partial charge in [0.2, 0.25) is 5.91 Å². The fraction of sp³-hybridized carbons (Fsp3) is 0.872. The van der Waals surface area contributed by atoms with Crippen LogP contribution in [0.2, 0.25) is 0 Å². The van der Waals surface area contributed by atoms with Crippen molar-refractivity contribution in [2.24, 2.45) is 5.73 Å². The molecule has 0 aromatic carbocycles. The molecule has 0 radical (unpaired) electrons. The summed E-state index contributed by atoms with van der Waals surface area (Å²) >= 11 is 0. The summed E-state index contributed by atoms with van der Waals surface area (Å²) in [6, 6.07) is -0.853. The second kappa shape index (κ2) is 34.4. The molecule has 0 spiro atoms. The zero-order valence-corrected chi connectivity index (χ0v) is 30.2. The number of unbranched alkanes of at least 4 members (excludes halogenated alkanes) is 19. The Balaban J connectivity index is 4.29. The van der Waals surface area contributed by atoms with Crippen molar-refractivity contribution in [3.8, 4) is 0 Å². The largest absolute Gasteiger partial charge is 0.480 e. The standard InChI is InChI=1S/C39H74N2O5/c1-3-5-7-9-11-13-14-16-18-23-27-33-38(43)46-35(29-24-20-17-15-12-10-8-6-4-2)30-25-21-19-22-26-32-37(42)41-36(39(44)45)31-28-34-40/h9,11,35-36H,3-8,10,12-34,40H2,1-2H3,(H,41,42)(H,44,45)/b11-9-. The van der Waals surface area contributed by atoms with Gasteiger partial charge in [-0.25, -0.2) is 4.79 Å². The summed E-state index contributed by atoms with van der Waals surface area (Å²) in [5.74, 6) is -1.24. The van der Waals surface area contributed by atoms with Crippen molar-refractivity contribution in [2.45, 2.75) is 212 Å². The van der Waals surface area contributed by atoms with Crippen LogP contribution in [0.4, 0.5) is 0 Å². The van der Waals surface area contributed by atoms with Gasteiger partial charge in [-0.15, -0.1) is 0 Å². The molecule has 0 aliphatic carbocycles. The van der Waals surface area contributed by atoms with Crippen molar-refractivity contribution in [1.29, 1.82) is 0 Å². The van der Waals surface area contributed by atoms with E-state index in [1.165, 1.54) is 96.3 Å². The number of carbonyl (C=O) groups is 3. The maximum Gasteiger partial charge on any atom is 0.326 e. The molecule has 0 aromatic heterocycles. The molecule has 46 heavy (non-hydrogen) atoms. The van der Waals surface area contributed by atoms with Crippen molar-refractivity contribution >= 4 is 17.8 Å². The Labute approximate surface area is 283 Å². The summed E-state index contributed by atoms with van der Waals surface area (Å²) in [6.07, 6.45) is 35.3. The molecule has 0 heterocycles. The molecule has 0 saturated carbocycles. The van der Waals surface area contributed by atoms with Crippen LogP contribution < -0.4 is 11.1 Å². The van der Waals surface area contributed by atoms with Gasteiger partial charge in [0.05, 0.1) is 0 Å². The third-order valence-corrected chi connectivity index (χ3v) is 8.83.